The van der Waals surface area contributed by atoms with Crippen molar-refractivity contribution in [3.63, 3.8) is 0 Å². The van der Waals surface area contributed by atoms with Gasteiger partial charge in [0.2, 0.25) is 0 Å². The molecule has 4 rings (SSSR count). The average Bonchev–Trinajstić information content (AvgIpc) is 3.53. The second-order valence-electron chi connectivity index (χ2n) is 10.1. The molecule has 0 aliphatic carbocycles. The number of imidazole rings is 1. The van der Waals surface area contributed by atoms with Crippen LogP contribution >= 0.6 is 0 Å². The SMILES string of the molecule is COC(=O)[C@H](Cc1nccn1CCc1ccccc1)NCC[C@H]1COC(C)(C)N1C(=O)OCc1ccccc1. The summed E-state index contributed by atoms with van der Waals surface area (Å²) in [6.45, 7) is 5.55. The molecule has 0 bridgehead atoms. The standard InChI is InChI=1S/C30H38N4O5/c1-30(2)34(29(36)38-21-24-12-8-5-9-13-24)25(22-39-30)14-16-31-26(28(35)37-3)20-27-32-17-19-33(27)18-15-23-10-6-4-7-11-23/h4-13,17,19,25-26,31H,14-16,18,20-22H2,1-3H3/t25-,26-/m0/s1. The zero-order valence-corrected chi connectivity index (χ0v) is 22.9. The van der Waals surface area contributed by atoms with Gasteiger partial charge in [-0.25, -0.2) is 9.78 Å². The molecule has 0 unspecified atom stereocenters. The van der Waals surface area contributed by atoms with Gasteiger partial charge in [-0.1, -0.05) is 60.7 Å². The van der Waals surface area contributed by atoms with E-state index in [9.17, 15) is 9.59 Å². The van der Waals surface area contributed by atoms with Crippen LogP contribution in [0, 0.1) is 0 Å². The molecule has 0 spiro atoms. The number of methoxy groups -OCH3 is 1. The normalized spacial score (nSPS) is 17.1. The van der Waals surface area contributed by atoms with Crippen LogP contribution in [0.25, 0.3) is 0 Å². The quantitative estimate of drug-likeness (QED) is 0.352. The smallest absolute Gasteiger partial charge is 0.412 e. The van der Waals surface area contributed by atoms with Crippen LogP contribution in [-0.4, -0.2) is 64.6 Å². The Labute approximate surface area is 230 Å². The highest BCUT2D eigenvalue weighted by molar-refractivity contribution is 5.75. The third-order valence-corrected chi connectivity index (χ3v) is 7.00. The third-order valence-electron chi connectivity index (χ3n) is 7.00. The molecule has 9 heteroatoms. The zero-order valence-electron chi connectivity index (χ0n) is 22.9. The molecule has 1 N–H and O–H groups in total. The second-order valence-corrected chi connectivity index (χ2v) is 10.1. The topological polar surface area (TPSA) is 94.9 Å². The van der Waals surface area contributed by atoms with Crippen molar-refractivity contribution in [2.24, 2.45) is 0 Å². The Morgan fingerprint density at radius 2 is 1.79 bits per heavy atom. The minimum atomic E-state index is -0.788. The molecule has 1 aliphatic rings. The number of nitrogens with zero attached hydrogens (tertiary/aromatic N) is 3. The van der Waals surface area contributed by atoms with Gasteiger partial charge in [0, 0.05) is 25.4 Å². The molecule has 2 heterocycles. The van der Waals surface area contributed by atoms with Crippen LogP contribution in [0.5, 0.6) is 0 Å². The first-order chi connectivity index (χ1) is 18.9. The average molecular weight is 535 g/mol. The summed E-state index contributed by atoms with van der Waals surface area (Å²) in [5.74, 6) is 0.458. The molecule has 0 radical (unpaired) electrons. The van der Waals surface area contributed by atoms with Crippen molar-refractivity contribution in [2.45, 2.75) is 64.1 Å². The minimum absolute atomic E-state index is 0.193. The first-order valence-corrected chi connectivity index (χ1v) is 13.4. The molecule has 0 saturated carbocycles. The number of aromatic nitrogens is 2. The Morgan fingerprint density at radius 1 is 1.10 bits per heavy atom. The lowest BCUT2D eigenvalue weighted by molar-refractivity contribution is -0.143. The number of hydrogen-bond acceptors (Lipinski definition) is 7. The van der Waals surface area contributed by atoms with E-state index >= 15 is 0 Å². The molecule has 1 aromatic heterocycles. The first-order valence-electron chi connectivity index (χ1n) is 13.4. The molecule has 1 fully saturated rings. The van der Waals surface area contributed by atoms with Crippen molar-refractivity contribution in [3.8, 4) is 0 Å². The number of nitrogens with one attached hydrogen (secondary N) is 1. The van der Waals surface area contributed by atoms with Crippen molar-refractivity contribution in [1.29, 1.82) is 0 Å². The van der Waals surface area contributed by atoms with Crippen LogP contribution in [0.2, 0.25) is 0 Å². The van der Waals surface area contributed by atoms with E-state index in [-0.39, 0.29) is 18.6 Å². The largest absolute Gasteiger partial charge is 0.468 e. The summed E-state index contributed by atoms with van der Waals surface area (Å²) in [6, 6.07) is 19.1. The number of esters is 1. The lowest BCUT2D eigenvalue weighted by Gasteiger charge is -2.33. The van der Waals surface area contributed by atoms with Gasteiger partial charge in [-0.2, -0.15) is 0 Å². The summed E-state index contributed by atoms with van der Waals surface area (Å²) in [6.07, 6.45) is 5.11. The van der Waals surface area contributed by atoms with E-state index < -0.39 is 17.9 Å². The van der Waals surface area contributed by atoms with Crippen LogP contribution in [0.15, 0.2) is 73.1 Å². The van der Waals surface area contributed by atoms with Crippen molar-refractivity contribution >= 4 is 12.1 Å². The molecule has 2 atom stereocenters. The van der Waals surface area contributed by atoms with E-state index in [2.05, 4.69) is 27.0 Å². The number of aryl methyl sites for hydroxylation is 2. The molecule has 208 valence electrons. The van der Waals surface area contributed by atoms with Gasteiger partial charge in [-0.3, -0.25) is 9.69 Å². The number of carbonyl (C=O) groups is 2. The molecule has 3 aromatic rings. The van der Waals surface area contributed by atoms with E-state index in [4.69, 9.17) is 14.2 Å². The van der Waals surface area contributed by atoms with Crippen molar-refractivity contribution in [1.82, 2.24) is 19.8 Å². The monoisotopic (exact) mass is 534 g/mol. The highest BCUT2D eigenvalue weighted by Gasteiger charge is 2.44. The lowest BCUT2D eigenvalue weighted by Crippen LogP contribution is -2.49. The van der Waals surface area contributed by atoms with Gasteiger partial charge < -0.3 is 24.1 Å². The van der Waals surface area contributed by atoms with Crippen LogP contribution in [-0.2, 0) is 45.0 Å². The second kappa shape index (κ2) is 13.4. The highest BCUT2D eigenvalue weighted by Crippen LogP contribution is 2.29. The fourth-order valence-corrected chi connectivity index (χ4v) is 4.87. The van der Waals surface area contributed by atoms with Gasteiger partial charge in [-0.15, -0.1) is 0 Å². The summed E-state index contributed by atoms with van der Waals surface area (Å²) < 4.78 is 18.7. The molecule has 9 nitrogen and oxygen atoms in total. The fraction of sp³-hybridized carbons (Fsp3) is 0.433. The Kier molecular flexibility index (Phi) is 9.73. The molecule has 1 aliphatic heterocycles. The predicted molar refractivity (Wildman–Crippen MR) is 147 cm³/mol. The number of benzene rings is 2. The van der Waals surface area contributed by atoms with Gasteiger partial charge >= 0.3 is 12.1 Å². The van der Waals surface area contributed by atoms with Crippen LogP contribution < -0.4 is 5.32 Å². The Bertz CT molecular complexity index is 1200. The molecule has 1 amide bonds. The zero-order chi connectivity index (χ0) is 27.7. The summed E-state index contributed by atoms with van der Waals surface area (Å²) >= 11 is 0. The van der Waals surface area contributed by atoms with Gasteiger partial charge in [0.05, 0.1) is 19.8 Å². The van der Waals surface area contributed by atoms with Crippen LogP contribution in [0.1, 0.15) is 37.2 Å². The number of hydrogen-bond donors (Lipinski definition) is 1. The van der Waals surface area contributed by atoms with Crippen LogP contribution in [0.4, 0.5) is 4.79 Å². The molecule has 1 saturated heterocycles. The van der Waals surface area contributed by atoms with Crippen molar-refractivity contribution in [2.75, 3.05) is 20.3 Å². The maximum absolute atomic E-state index is 13.0. The van der Waals surface area contributed by atoms with E-state index in [0.29, 0.717) is 26.0 Å². The Hall–Kier alpha value is -3.69. The van der Waals surface area contributed by atoms with Gasteiger partial charge in [0.25, 0.3) is 0 Å². The van der Waals surface area contributed by atoms with Crippen molar-refractivity contribution in [3.05, 3.63) is 90.0 Å². The summed E-state index contributed by atoms with van der Waals surface area (Å²) in [4.78, 5) is 31.8. The Morgan fingerprint density at radius 3 is 2.49 bits per heavy atom. The third kappa shape index (κ3) is 7.68. The van der Waals surface area contributed by atoms with E-state index in [1.54, 1.807) is 11.1 Å². The lowest BCUT2D eigenvalue weighted by atomic mass is 10.1. The van der Waals surface area contributed by atoms with E-state index in [1.807, 2.05) is 68.6 Å². The number of amides is 1. The molecular formula is C30H38N4O5. The summed E-state index contributed by atoms with van der Waals surface area (Å²) in [5.41, 5.74) is 1.38. The number of ether oxygens (including phenoxy) is 3. The number of rotatable bonds is 12. The van der Waals surface area contributed by atoms with Crippen molar-refractivity contribution < 1.29 is 23.8 Å². The van der Waals surface area contributed by atoms with Gasteiger partial charge in [0.1, 0.15) is 24.2 Å². The predicted octanol–water partition coefficient (Wildman–Crippen LogP) is 3.96. The highest BCUT2D eigenvalue weighted by atomic mass is 16.6. The van der Waals surface area contributed by atoms with E-state index in [0.717, 1.165) is 24.4 Å². The molecular weight excluding hydrogens is 496 g/mol. The van der Waals surface area contributed by atoms with Gasteiger partial charge in [-0.05, 0) is 44.4 Å². The summed E-state index contributed by atoms with van der Waals surface area (Å²) in [5, 5.41) is 3.32. The maximum Gasteiger partial charge on any atom is 0.412 e. The Balaban J connectivity index is 1.33. The maximum atomic E-state index is 13.0. The molecule has 2 aromatic carbocycles. The first kappa shape index (κ1) is 28.3. The van der Waals surface area contributed by atoms with Gasteiger partial charge in [0.15, 0.2) is 0 Å². The van der Waals surface area contributed by atoms with Crippen LogP contribution in [0.3, 0.4) is 0 Å². The fourth-order valence-electron chi connectivity index (χ4n) is 4.87. The van der Waals surface area contributed by atoms with E-state index in [1.165, 1.54) is 12.7 Å². The minimum Gasteiger partial charge on any atom is -0.468 e. The summed E-state index contributed by atoms with van der Waals surface area (Å²) in [7, 11) is 1.39. The number of carbonyl (C=O) groups excluding carboxylic acids is 2. The molecule has 39 heavy (non-hydrogen) atoms.